The summed E-state index contributed by atoms with van der Waals surface area (Å²) in [5.74, 6) is 0.834. The normalized spacial score (nSPS) is 16.2. The van der Waals surface area contributed by atoms with Gasteiger partial charge in [-0.1, -0.05) is 31.2 Å². The van der Waals surface area contributed by atoms with Gasteiger partial charge < -0.3 is 4.74 Å². The van der Waals surface area contributed by atoms with Gasteiger partial charge in [0.25, 0.3) is 0 Å². The van der Waals surface area contributed by atoms with Crippen molar-refractivity contribution in [3.8, 4) is 11.8 Å². The third kappa shape index (κ3) is 3.90. The number of rotatable bonds is 5. The Kier molecular flexibility index (Phi) is 5.60. The van der Waals surface area contributed by atoms with Gasteiger partial charge in [0.2, 0.25) is 10.0 Å². The molecule has 5 nitrogen and oxygen atoms in total. The highest BCUT2D eigenvalue weighted by molar-refractivity contribution is 7.89. The first kappa shape index (κ1) is 18.4. The third-order valence-corrected chi connectivity index (χ3v) is 6.59. The Balaban J connectivity index is 1.67. The highest BCUT2D eigenvalue weighted by Crippen LogP contribution is 2.25. The van der Waals surface area contributed by atoms with Gasteiger partial charge in [-0.2, -0.15) is 9.57 Å². The van der Waals surface area contributed by atoms with Crippen LogP contribution in [0.15, 0.2) is 53.4 Å². The summed E-state index contributed by atoms with van der Waals surface area (Å²) >= 11 is 0. The predicted molar refractivity (Wildman–Crippen MR) is 99.4 cm³/mol. The average Bonchev–Trinajstić information content (AvgIpc) is 2.68. The maximum Gasteiger partial charge on any atom is 0.244 e. The van der Waals surface area contributed by atoms with Crippen molar-refractivity contribution in [1.29, 1.82) is 5.26 Å². The minimum atomic E-state index is -3.66. The topological polar surface area (TPSA) is 70.4 Å². The van der Waals surface area contributed by atoms with Crippen LogP contribution in [0.1, 0.15) is 30.9 Å². The summed E-state index contributed by atoms with van der Waals surface area (Å²) in [6.45, 7) is 2.88. The van der Waals surface area contributed by atoms with Crippen LogP contribution in [0, 0.1) is 11.3 Å². The first-order valence-electron chi connectivity index (χ1n) is 8.79. The minimum absolute atomic E-state index is 0.000216. The number of piperidine rings is 1. The lowest BCUT2D eigenvalue weighted by molar-refractivity contribution is 0.135. The van der Waals surface area contributed by atoms with E-state index in [-0.39, 0.29) is 16.6 Å². The van der Waals surface area contributed by atoms with Gasteiger partial charge in [-0.3, -0.25) is 0 Å². The van der Waals surface area contributed by atoms with Crippen LogP contribution in [-0.4, -0.2) is 31.9 Å². The number of sulfonamides is 1. The summed E-state index contributed by atoms with van der Waals surface area (Å²) in [5, 5.41) is 9.18. The largest absolute Gasteiger partial charge is 0.490 e. The van der Waals surface area contributed by atoms with E-state index in [1.807, 2.05) is 24.3 Å². The van der Waals surface area contributed by atoms with E-state index in [9.17, 15) is 13.7 Å². The molecule has 0 spiro atoms. The van der Waals surface area contributed by atoms with Crippen molar-refractivity contribution < 1.29 is 13.2 Å². The monoisotopic (exact) mass is 370 g/mol. The van der Waals surface area contributed by atoms with Gasteiger partial charge in [0.1, 0.15) is 17.9 Å². The van der Waals surface area contributed by atoms with Crippen LogP contribution < -0.4 is 4.74 Å². The molecular formula is C20H22N2O3S. The molecule has 0 aliphatic carbocycles. The molecule has 26 heavy (non-hydrogen) atoms. The Labute approximate surface area is 154 Å². The van der Waals surface area contributed by atoms with E-state index in [0.29, 0.717) is 25.9 Å². The lowest BCUT2D eigenvalue weighted by atomic mass is 10.1. The number of nitriles is 1. The Morgan fingerprint density at radius 3 is 2.58 bits per heavy atom. The Morgan fingerprint density at radius 2 is 1.88 bits per heavy atom. The third-order valence-electron chi connectivity index (χ3n) is 4.64. The smallest absolute Gasteiger partial charge is 0.244 e. The van der Waals surface area contributed by atoms with Gasteiger partial charge in [0.05, 0.1) is 10.5 Å². The highest BCUT2D eigenvalue weighted by atomic mass is 32.2. The number of aryl methyl sites for hydroxylation is 1. The molecule has 1 fully saturated rings. The molecule has 2 aromatic rings. The number of benzene rings is 2. The van der Waals surface area contributed by atoms with Gasteiger partial charge in [0.15, 0.2) is 0 Å². The van der Waals surface area contributed by atoms with Gasteiger partial charge in [-0.05, 0) is 49.1 Å². The minimum Gasteiger partial charge on any atom is -0.490 e. The standard InChI is InChI=1S/C20H22N2O3S/c1-2-16-6-5-8-19(14-16)25-18-10-12-22(13-11-18)26(23,24)20-9-4-3-7-17(20)15-21/h3-9,14,18H,2,10-13H2,1H3. The van der Waals surface area contributed by atoms with Gasteiger partial charge in [0, 0.05) is 13.1 Å². The molecule has 3 rings (SSSR count). The Bertz CT molecular complexity index is 911. The van der Waals surface area contributed by atoms with E-state index in [1.54, 1.807) is 12.1 Å². The summed E-state index contributed by atoms with van der Waals surface area (Å²) in [5.41, 5.74) is 1.40. The van der Waals surface area contributed by atoms with Crippen LogP contribution in [0.4, 0.5) is 0 Å². The first-order valence-corrected chi connectivity index (χ1v) is 10.2. The fourth-order valence-electron chi connectivity index (χ4n) is 3.14. The van der Waals surface area contributed by atoms with Crippen LogP contribution in [0.2, 0.25) is 0 Å². The van der Waals surface area contributed by atoms with Crippen molar-refractivity contribution in [2.75, 3.05) is 13.1 Å². The quantitative estimate of drug-likeness (QED) is 0.809. The van der Waals surface area contributed by atoms with E-state index < -0.39 is 10.0 Å². The molecule has 0 aromatic heterocycles. The second-order valence-corrected chi connectivity index (χ2v) is 8.24. The maximum atomic E-state index is 12.8. The molecule has 0 bridgehead atoms. The lowest BCUT2D eigenvalue weighted by Crippen LogP contribution is -2.41. The molecule has 0 atom stereocenters. The second kappa shape index (κ2) is 7.90. The molecule has 0 N–H and O–H groups in total. The summed E-state index contributed by atoms with van der Waals surface area (Å²) in [4.78, 5) is 0.0810. The number of hydrogen-bond donors (Lipinski definition) is 0. The van der Waals surface area contributed by atoms with E-state index in [1.165, 1.54) is 22.0 Å². The SMILES string of the molecule is CCc1cccc(OC2CCN(S(=O)(=O)c3ccccc3C#N)CC2)c1. The highest BCUT2D eigenvalue weighted by Gasteiger charge is 2.31. The molecule has 1 saturated heterocycles. The Hall–Kier alpha value is -2.36. The van der Waals surface area contributed by atoms with Crippen molar-refractivity contribution >= 4 is 10.0 Å². The van der Waals surface area contributed by atoms with Crippen molar-refractivity contribution in [2.45, 2.75) is 37.2 Å². The molecule has 0 saturated carbocycles. The fourth-order valence-corrected chi connectivity index (χ4v) is 4.76. The average molecular weight is 370 g/mol. The van der Waals surface area contributed by atoms with Crippen LogP contribution in [0.3, 0.4) is 0 Å². The van der Waals surface area contributed by atoms with Gasteiger partial charge in [-0.15, -0.1) is 0 Å². The number of ether oxygens (including phenoxy) is 1. The van der Waals surface area contributed by atoms with Crippen LogP contribution in [0.5, 0.6) is 5.75 Å². The molecular weight excluding hydrogens is 348 g/mol. The fraction of sp³-hybridized carbons (Fsp3) is 0.350. The molecule has 1 aliphatic heterocycles. The number of hydrogen-bond acceptors (Lipinski definition) is 4. The van der Waals surface area contributed by atoms with Gasteiger partial charge in [-0.25, -0.2) is 8.42 Å². The van der Waals surface area contributed by atoms with Crippen molar-refractivity contribution in [1.82, 2.24) is 4.31 Å². The molecule has 0 unspecified atom stereocenters. The Morgan fingerprint density at radius 1 is 1.15 bits per heavy atom. The van der Waals surface area contributed by atoms with Crippen LogP contribution in [0.25, 0.3) is 0 Å². The van der Waals surface area contributed by atoms with E-state index >= 15 is 0 Å². The summed E-state index contributed by atoms with van der Waals surface area (Å²) in [7, 11) is -3.66. The maximum absolute atomic E-state index is 12.8. The number of nitrogens with zero attached hydrogens (tertiary/aromatic N) is 2. The lowest BCUT2D eigenvalue weighted by Gasteiger charge is -2.31. The van der Waals surface area contributed by atoms with E-state index in [4.69, 9.17) is 4.74 Å². The second-order valence-electron chi connectivity index (χ2n) is 6.33. The predicted octanol–water partition coefficient (Wildman–Crippen LogP) is 3.35. The summed E-state index contributed by atoms with van der Waals surface area (Å²) in [6.07, 6.45) is 2.21. The van der Waals surface area contributed by atoms with E-state index in [0.717, 1.165) is 12.2 Å². The zero-order valence-electron chi connectivity index (χ0n) is 14.8. The molecule has 0 amide bonds. The van der Waals surface area contributed by atoms with Crippen LogP contribution >= 0.6 is 0 Å². The zero-order chi connectivity index (χ0) is 18.6. The molecule has 2 aromatic carbocycles. The van der Waals surface area contributed by atoms with E-state index in [2.05, 4.69) is 13.0 Å². The molecule has 0 radical (unpaired) electrons. The molecule has 1 heterocycles. The molecule has 1 aliphatic rings. The zero-order valence-corrected chi connectivity index (χ0v) is 15.6. The van der Waals surface area contributed by atoms with Crippen molar-refractivity contribution in [3.05, 3.63) is 59.7 Å². The summed E-state index contributed by atoms with van der Waals surface area (Å²) < 4.78 is 33.2. The van der Waals surface area contributed by atoms with Crippen molar-refractivity contribution in [3.63, 3.8) is 0 Å². The summed E-state index contributed by atoms with van der Waals surface area (Å²) in [6, 6.07) is 16.3. The first-order chi connectivity index (χ1) is 12.5. The van der Waals surface area contributed by atoms with Crippen LogP contribution in [-0.2, 0) is 16.4 Å². The molecule has 136 valence electrons. The molecule has 6 heteroatoms. The van der Waals surface area contributed by atoms with Gasteiger partial charge >= 0.3 is 0 Å². The van der Waals surface area contributed by atoms with Crippen molar-refractivity contribution in [2.24, 2.45) is 0 Å².